The lowest BCUT2D eigenvalue weighted by Gasteiger charge is -2.33. The van der Waals surface area contributed by atoms with E-state index < -0.39 is 22.0 Å². The number of nitriles is 1. The molecule has 1 aliphatic heterocycles. The van der Waals surface area contributed by atoms with Crippen LogP contribution in [0.2, 0.25) is 0 Å². The molecule has 174 valence electrons. The maximum Gasteiger partial charge on any atom is 0.310 e. The lowest BCUT2D eigenvalue weighted by atomic mass is 9.89. The third-order valence-electron chi connectivity index (χ3n) is 5.34. The van der Waals surface area contributed by atoms with Gasteiger partial charge in [0.2, 0.25) is 5.75 Å². The molecule has 1 atom stereocenters. The molecule has 1 unspecified atom stereocenters. The van der Waals surface area contributed by atoms with Gasteiger partial charge in [-0.1, -0.05) is 17.7 Å². The van der Waals surface area contributed by atoms with Crippen molar-refractivity contribution in [3.8, 4) is 23.3 Å². The number of ether oxygens (including phenoxy) is 4. The highest BCUT2D eigenvalue weighted by Gasteiger charge is 2.39. The van der Waals surface area contributed by atoms with E-state index in [2.05, 4.69) is 6.07 Å². The highest BCUT2D eigenvalue weighted by Crippen LogP contribution is 2.51. The molecule has 1 heterocycles. The molecule has 0 spiro atoms. The number of hydrogen-bond acceptors (Lipinski definition) is 8. The predicted molar refractivity (Wildman–Crippen MR) is 119 cm³/mol. The largest absolute Gasteiger partial charge is 0.492 e. The van der Waals surface area contributed by atoms with Crippen molar-refractivity contribution in [1.29, 1.82) is 5.26 Å². The molecule has 3 rings (SSSR count). The van der Waals surface area contributed by atoms with Crippen LogP contribution in [0.15, 0.2) is 35.4 Å². The fourth-order valence-corrected chi connectivity index (χ4v) is 5.15. The second kappa shape index (κ2) is 9.42. The number of sulfonamides is 1. The molecule has 0 radical (unpaired) electrons. The fraction of sp³-hybridized carbons (Fsp3) is 0.304. The van der Waals surface area contributed by atoms with Crippen LogP contribution in [0.1, 0.15) is 28.3 Å². The number of carbonyl (C=O) groups excluding carboxylic acids is 1. The summed E-state index contributed by atoms with van der Waals surface area (Å²) < 4.78 is 49.2. The highest BCUT2D eigenvalue weighted by atomic mass is 32.2. The van der Waals surface area contributed by atoms with E-state index in [1.54, 1.807) is 12.1 Å². The molecule has 0 saturated carbocycles. The summed E-state index contributed by atoms with van der Waals surface area (Å²) in [6.45, 7) is 1.84. The van der Waals surface area contributed by atoms with Gasteiger partial charge < -0.3 is 18.9 Å². The van der Waals surface area contributed by atoms with Gasteiger partial charge in [-0.15, -0.1) is 0 Å². The summed E-state index contributed by atoms with van der Waals surface area (Å²) in [7, 11) is 1.35. The molecule has 0 amide bonds. The minimum Gasteiger partial charge on any atom is -0.492 e. The molecule has 0 fully saturated rings. The number of methoxy groups -OCH3 is 4. The Labute approximate surface area is 192 Å². The van der Waals surface area contributed by atoms with Gasteiger partial charge in [0, 0.05) is 22.9 Å². The van der Waals surface area contributed by atoms with Gasteiger partial charge >= 0.3 is 5.97 Å². The SMILES string of the molecule is COC(=O)Cc1c(OC)c(OC)c(OC)c2c1C(C#N)N(S(=O)(=O)c1ccc(C)cc1)C=C2. The zero-order chi connectivity index (χ0) is 24.3. The summed E-state index contributed by atoms with van der Waals surface area (Å²) in [4.78, 5) is 12.3. The van der Waals surface area contributed by atoms with E-state index in [1.807, 2.05) is 6.92 Å². The Morgan fingerprint density at radius 3 is 2.15 bits per heavy atom. The summed E-state index contributed by atoms with van der Waals surface area (Å²) in [5.74, 6) is 0.0272. The first-order valence-corrected chi connectivity index (χ1v) is 11.3. The van der Waals surface area contributed by atoms with Gasteiger partial charge in [-0.25, -0.2) is 8.42 Å². The lowest BCUT2D eigenvalue weighted by Crippen LogP contribution is -2.33. The lowest BCUT2D eigenvalue weighted by molar-refractivity contribution is -0.139. The minimum atomic E-state index is -4.09. The van der Waals surface area contributed by atoms with E-state index in [9.17, 15) is 18.5 Å². The molecule has 2 aromatic rings. The number of carbonyl (C=O) groups is 1. The smallest absolute Gasteiger partial charge is 0.310 e. The van der Waals surface area contributed by atoms with Gasteiger partial charge in [-0.3, -0.25) is 9.10 Å². The van der Waals surface area contributed by atoms with Crippen LogP contribution >= 0.6 is 0 Å². The van der Waals surface area contributed by atoms with Crippen molar-refractivity contribution in [1.82, 2.24) is 4.31 Å². The van der Waals surface area contributed by atoms with Crippen molar-refractivity contribution < 1.29 is 32.2 Å². The number of aryl methyl sites for hydroxylation is 1. The number of hydrogen-bond donors (Lipinski definition) is 0. The average Bonchev–Trinajstić information content (AvgIpc) is 2.82. The summed E-state index contributed by atoms with van der Waals surface area (Å²) in [6, 6.07) is 7.07. The van der Waals surface area contributed by atoms with Crippen LogP contribution in [-0.2, 0) is 26.0 Å². The van der Waals surface area contributed by atoms with Crippen molar-refractivity contribution >= 4 is 22.1 Å². The first-order valence-electron chi connectivity index (χ1n) is 9.84. The van der Waals surface area contributed by atoms with Crippen molar-refractivity contribution in [2.75, 3.05) is 28.4 Å². The molecule has 1 aliphatic rings. The molecule has 9 nitrogen and oxygen atoms in total. The van der Waals surface area contributed by atoms with E-state index in [-0.39, 0.29) is 39.7 Å². The Bertz CT molecular complexity index is 1250. The molecule has 0 saturated heterocycles. The van der Waals surface area contributed by atoms with Gasteiger partial charge in [0.25, 0.3) is 10.0 Å². The zero-order valence-corrected chi connectivity index (χ0v) is 19.7. The van der Waals surface area contributed by atoms with Crippen LogP contribution in [0, 0.1) is 18.3 Å². The molecule has 2 aromatic carbocycles. The quantitative estimate of drug-likeness (QED) is 0.565. The van der Waals surface area contributed by atoms with Crippen LogP contribution in [0.3, 0.4) is 0 Å². The van der Waals surface area contributed by atoms with Gasteiger partial charge in [0.15, 0.2) is 17.5 Å². The second-order valence-electron chi connectivity index (χ2n) is 7.15. The van der Waals surface area contributed by atoms with Crippen LogP contribution in [0.25, 0.3) is 6.08 Å². The molecule has 0 bridgehead atoms. The normalized spacial score (nSPS) is 14.8. The van der Waals surface area contributed by atoms with Crippen molar-refractivity contribution in [2.24, 2.45) is 0 Å². The van der Waals surface area contributed by atoms with E-state index >= 15 is 0 Å². The van der Waals surface area contributed by atoms with Crippen LogP contribution < -0.4 is 14.2 Å². The van der Waals surface area contributed by atoms with Crippen LogP contribution in [-0.4, -0.2) is 47.1 Å². The van der Waals surface area contributed by atoms with E-state index in [0.717, 1.165) is 9.87 Å². The summed E-state index contributed by atoms with van der Waals surface area (Å²) in [5.41, 5.74) is 1.84. The Morgan fingerprint density at radius 1 is 1.03 bits per heavy atom. The summed E-state index contributed by atoms with van der Waals surface area (Å²) in [5, 5.41) is 10.1. The second-order valence-corrected chi connectivity index (χ2v) is 9.00. The topological polar surface area (TPSA) is 115 Å². The van der Waals surface area contributed by atoms with Crippen LogP contribution in [0.4, 0.5) is 0 Å². The third kappa shape index (κ3) is 4.07. The van der Waals surface area contributed by atoms with E-state index in [4.69, 9.17) is 18.9 Å². The maximum absolute atomic E-state index is 13.4. The number of rotatable bonds is 7. The van der Waals surface area contributed by atoms with Gasteiger partial charge in [0.05, 0.1) is 45.8 Å². The first kappa shape index (κ1) is 23.9. The van der Waals surface area contributed by atoms with Crippen LogP contribution in [0.5, 0.6) is 17.2 Å². The standard InChI is InChI=1S/C23H24N2O7S/c1-14-6-8-15(9-7-14)33(27,28)25-11-10-16-20(18(25)13-24)17(12-19(26)29-2)22(31-4)23(32-5)21(16)30-3/h6-11,18H,12H2,1-5H3. The zero-order valence-electron chi connectivity index (χ0n) is 18.9. The Hall–Kier alpha value is -3.71. The van der Waals surface area contributed by atoms with Gasteiger partial charge in [0.1, 0.15) is 0 Å². The molecule has 0 aliphatic carbocycles. The molecular formula is C23H24N2O7S. The summed E-state index contributed by atoms with van der Waals surface area (Å²) >= 11 is 0. The minimum absolute atomic E-state index is 0.0309. The maximum atomic E-state index is 13.4. The molecule has 0 N–H and O–H groups in total. The average molecular weight is 473 g/mol. The summed E-state index contributed by atoms with van der Waals surface area (Å²) in [6.07, 6.45) is 2.55. The molecule has 10 heteroatoms. The number of fused-ring (bicyclic) bond motifs is 1. The molecule has 33 heavy (non-hydrogen) atoms. The van der Waals surface area contributed by atoms with Crippen molar-refractivity contribution in [3.05, 3.63) is 52.7 Å². The fourth-order valence-electron chi connectivity index (χ4n) is 3.78. The number of esters is 1. The van der Waals surface area contributed by atoms with Crippen molar-refractivity contribution in [3.63, 3.8) is 0 Å². The Morgan fingerprint density at radius 2 is 1.64 bits per heavy atom. The molecular weight excluding hydrogens is 448 g/mol. The molecule has 0 aromatic heterocycles. The highest BCUT2D eigenvalue weighted by molar-refractivity contribution is 7.89. The number of nitrogens with zero attached hydrogens (tertiary/aromatic N) is 2. The number of benzene rings is 2. The third-order valence-corrected chi connectivity index (χ3v) is 7.10. The predicted octanol–water partition coefficient (Wildman–Crippen LogP) is 2.98. The Balaban J connectivity index is 2.32. The first-order chi connectivity index (χ1) is 15.7. The van der Waals surface area contributed by atoms with E-state index in [1.165, 1.54) is 52.8 Å². The van der Waals surface area contributed by atoms with E-state index in [0.29, 0.717) is 5.56 Å². The van der Waals surface area contributed by atoms with Crippen molar-refractivity contribution in [2.45, 2.75) is 24.3 Å². The van der Waals surface area contributed by atoms with Gasteiger partial charge in [-0.05, 0) is 25.1 Å². The van der Waals surface area contributed by atoms with Gasteiger partial charge in [-0.2, -0.15) is 5.26 Å². The monoisotopic (exact) mass is 472 g/mol. The Kier molecular flexibility index (Phi) is 6.84.